The normalized spacial score (nSPS) is 13.0. The molecule has 178 valence electrons. The van der Waals surface area contributed by atoms with E-state index in [-0.39, 0.29) is 36.2 Å². The molecule has 2 aromatic heterocycles. The molecule has 1 aliphatic heterocycles. The number of hydrogen-bond acceptors (Lipinski definition) is 7. The maximum Gasteiger partial charge on any atom is 0.351 e. The lowest BCUT2D eigenvalue weighted by Crippen LogP contribution is -2.40. The van der Waals surface area contributed by atoms with Crippen molar-refractivity contribution in [1.29, 1.82) is 0 Å². The predicted octanol–water partition coefficient (Wildman–Crippen LogP) is 2.15. The average molecular weight is 493 g/mol. The highest BCUT2D eigenvalue weighted by Gasteiger charge is 2.22. The van der Waals surface area contributed by atoms with Gasteiger partial charge in [-0.2, -0.15) is 14.8 Å². The molecule has 0 atom stereocenters. The Morgan fingerprint density at radius 1 is 1.09 bits per heavy atom. The molecule has 10 nitrogen and oxygen atoms in total. The molecule has 4 aromatic rings. The van der Waals surface area contributed by atoms with E-state index in [1.165, 1.54) is 12.6 Å². The number of aromatic nitrogens is 5. The molecule has 0 N–H and O–H groups in total. The molecule has 0 saturated heterocycles. The third-order valence-electron chi connectivity index (χ3n) is 5.96. The van der Waals surface area contributed by atoms with Gasteiger partial charge in [-0.05, 0) is 41.8 Å². The van der Waals surface area contributed by atoms with E-state index in [2.05, 4.69) is 21.3 Å². The predicted molar refractivity (Wildman–Crippen MR) is 127 cm³/mol. The van der Waals surface area contributed by atoms with Gasteiger partial charge in [0.05, 0.1) is 5.69 Å². The Labute approximate surface area is 204 Å². The zero-order valence-corrected chi connectivity index (χ0v) is 19.6. The Hall–Kier alpha value is -4.05. The van der Waals surface area contributed by atoms with Crippen LogP contribution in [0.2, 0.25) is 5.02 Å². The van der Waals surface area contributed by atoms with Crippen LogP contribution >= 0.6 is 11.6 Å². The third-order valence-corrected chi connectivity index (χ3v) is 6.21. The fourth-order valence-corrected chi connectivity index (χ4v) is 4.12. The summed E-state index contributed by atoms with van der Waals surface area (Å²) in [5.41, 5.74) is 1.43. The van der Waals surface area contributed by atoms with Crippen molar-refractivity contribution in [3.8, 4) is 17.2 Å². The number of amides is 1. The van der Waals surface area contributed by atoms with Crippen molar-refractivity contribution in [3.63, 3.8) is 0 Å². The Morgan fingerprint density at radius 3 is 2.60 bits per heavy atom. The summed E-state index contributed by atoms with van der Waals surface area (Å²) in [5, 5.41) is 8.54. The van der Waals surface area contributed by atoms with Crippen LogP contribution in [0.15, 0.2) is 62.6 Å². The molecule has 35 heavy (non-hydrogen) atoms. The fourth-order valence-electron chi connectivity index (χ4n) is 4.00. The number of hydrogen-bond donors (Lipinski definition) is 0. The molecule has 0 spiro atoms. The van der Waals surface area contributed by atoms with Gasteiger partial charge in [-0.1, -0.05) is 41.0 Å². The molecular formula is C24H21ClN6O4. The van der Waals surface area contributed by atoms with Crippen molar-refractivity contribution < 1.29 is 9.32 Å². The molecule has 1 amide bonds. The minimum atomic E-state index is -0.657. The first-order chi connectivity index (χ1) is 16.9. The fraction of sp³-hybridized carbons (Fsp3) is 0.250. The number of halogens is 1. The second-order valence-corrected chi connectivity index (χ2v) is 8.67. The number of carbonyl (C=O) groups excluding carboxylic acids is 1. The number of nitrogens with zero attached hydrogens (tertiary/aromatic N) is 6. The van der Waals surface area contributed by atoms with Gasteiger partial charge < -0.3 is 9.42 Å². The van der Waals surface area contributed by atoms with Crippen LogP contribution in [-0.4, -0.2) is 41.8 Å². The summed E-state index contributed by atoms with van der Waals surface area (Å²) in [6, 6.07) is 14.5. The maximum atomic E-state index is 12.7. The first-order valence-corrected chi connectivity index (χ1v) is 11.4. The topological polar surface area (TPSA) is 116 Å². The molecule has 0 radical (unpaired) electrons. The van der Waals surface area contributed by atoms with Crippen molar-refractivity contribution >= 4 is 17.5 Å². The van der Waals surface area contributed by atoms with Crippen LogP contribution in [0.3, 0.4) is 0 Å². The zero-order chi connectivity index (χ0) is 24.5. The molecule has 1 aliphatic rings. The summed E-state index contributed by atoms with van der Waals surface area (Å²) in [6.07, 6.45) is 1.24. The largest absolute Gasteiger partial charge is 0.351 e. The monoisotopic (exact) mass is 492 g/mol. The zero-order valence-electron chi connectivity index (χ0n) is 18.8. The summed E-state index contributed by atoms with van der Waals surface area (Å²) < 4.78 is 7.27. The highest BCUT2D eigenvalue weighted by Crippen LogP contribution is 2.20. The first-order valence-electron chi connectivity index (χ1n) is 11.0. The van der Waals surface area contributed by atoms with Crippen LogP contribution < -0.4 is 11.2 Å². The summed E-state index contributed by atoms with van der Waals surface area (Å²) in [5.74, 6) is 0.145. The molecule has 0 aliphatic carbocycles. The van der Waals surface area contributed by atoms with Crippen molar-refractivity contribution in [2.75, 3.05) is 6.54 Å². The summed E-state index contributed by atoms with van der Waals surface area (Å²) >= 11 is 5.93. The van der Waals surface area contributed by atoms with Gasteiger partial charge in [0.2, 0.25) is 17.6 Å². The van der Waals surface area contributed by atoms with Crippen LogP contribution in [0.5, 0.6) is 0 Å². The Morgan fingerprint density at radius 2 is 1.83 bits per heavy atom. The highest BCUT2D eigenvalue weighted by molar-refractivity contribution is 6.30. The minimum Gasteiger partial charge on any atom is -0.339 e. The van der Waals surface area contributed by atoms with Gasteiger partial charge >= 0.3 is 5.69 Å². The van der Waals surface area contributed by atoms with Crippen molar-refractivity contribution in [2.24, 2.45) is 7.05 Å². The van der Waals surface area contributed by atoms with E-state index in [0.717, 1.165) is 21.2 Å². The van der Waals surface area contributed by atoms with Gasteiger partial charge in [0.15, 0.2) is 5.69 Å². The molecule has 0 bridgehead atoms. The lowest BCUT2D eigenvalue weighted by molar-refractivity contribution is -0.132. The summed E-state index contributed by atoms with van der Waals surface area (Å²) in [4.78, 5) is 44.1. The maximum absolute atomic E-state index is 12.7. The second-order valence-electron chi connectivity index (χ2n) is 8.23. The van der Waals surface area contributed by atoms with E-state index in [0.29, 0.717) is 23.8 Å². The lowest BCUT2D eigenvalue weighted by Gasteiger charge is -2.28. The van der Waals surface area contributed by atoms with E-state index in [4.69, 9.17) is 16.1 Å². The van der Waals surface area contributed by atoms with Gasteiger partial charge in [-0.25, -0.2) is 4.79 Å². The first kappa shape index (κ1) is 22.7. The molecule has 2 aromatic carbocycles. The summed E-state index contributed by atoms with van der Waals surface area (Å²) in [6.45, 7) is 1.24. The lowest BCUT2D eigenvalue weighted by atomic mass is 9.99. The molecule has 0 fully saturated rings. The van der Waals surface area contributed by atoms with E-state index in [1.54, 1.807) is 24.3 Å². The van der Waals surface area contributed by atoms with Crippen molar-refractivity contribution in [3.05, 3.63) is 91.4 Å². The average Bonchev–Trinajstić information content (AvgIpc) is 3.35. The van der Waals surface area contributed by atoms with Gasteiger partial charge in [0.1, 0.15) is 0 Å². The quantitative estimate of drug-likeness (QED) is 0.419. The Bertz CT molecular complexity index is 1520. The second kappa shape index (κ2) is 9.30. The number of fused-ring (bicyclic) bond motifs is 1. The number of aryl methyl sites for hydroxylation is 1. The van der Waals surface area contributed by atoms with Gasteiger partial charge in [0, 0.05) is 38.0 Å². The van der Waals surface area contributed by atoms with Crippen LogP contribution in [0.4, 0.5) is 0 Å². The molecule has 0 unspecified atom stereocenters. The Balaban J connectivity index is 1.33. The standard InChI is InChI=1S/C24H21ClN6O4/c1-29-23(33)21(27-31(24(29)34)18-8-6-17(25)7-9-18)22-26-19(35-28-22)10-11-20(32)30-13-12-15-4-2-3-5-16(15)14-30/h2-9H,10-14H2,1H3. The molecular weight excluding hydrogens is 472 g/mol. The van der Waals surface area contributed by atoms with Crippen LogP contribution in [-0.2, 0) is 31.2 Å². The van der Waals surface area contributed by atoms with Crippen LogP contribution in [0.25, 0.3) is 17.2 Å². The number of carbonyl (C=O) groups is 1. The highest BCUT2D eigenvalue weighted by atomic mass is 35.5. The SMILES string of the molecule is Cn1c(=O)c(-c2noc(CCC(=O)N3CCc4ccccc4C3)n2)nn(-c2ccc(Cl)cc2)c1=O. The third kappa shape index (κ3) is 4.52. The molecule has 5 rings (SSSR count). The van der Waals surface area contributed by atoms with Crippen LogP contribution in [0, 0.1) is 0 Å². The van der Waals surface area contributed by atoms with Crippen LogP contribution in [0.1, 0.15) is 23.4 Å². The van der Waals surface area contributed by atoms with E-state index in [9.17, 15) is 14.4 Å². The van der Waals surface area contributed by atoms with Gasteiger partial charge in [-0.3, -0.25) is 14.2 Å². The molecule has 0 saturated carbocycles. The van der Waals surface area contributed by atoms with E-state index >= 15 is 0 Å². The van der Waals surface area contributed by atoms with Crippen molar-refractivity contribution in [2.45, 2.75) is 25.8 Å². The number of benzene rings is 2. The minimum absolute atomic E-state index is 0.00965. The van der Waals surface area contributed by atoms with Gasteiger partial charge in [0.25, 0.3) is 5.56 Å². The molecule has 11 heteroatoms. The Kier molecular flexibility index (Phi) is 6.04. The number of rotatable bonds is 5. The van der Waals surface area contributed by atoms with E-state index < -0.39 is 11.2 Å². The van der Waals surface area contributed by atoms with Gasteiger partial charge in [-0.15, -0.1) is 0 Å². The van der Waals surface area contributed by atoms with E-state index in [1.807, 2.05) is 23.1 Å². The van der Waals surface area contributed by atoms with Crippen molar-refractivity contribution in [1.82, 2.24) is 29.4 Å². The smallest absolute Gasteiger partial charge is 0.339 e. The molecule has 3 heterocycles. The summed E-state index contributed by atoms with van der Waals surface area (Å²) in [7, 11) is 1.35.